The summed E-state index contributed by atoms with van der Waals surface area (Å²) in [6.45, 7) is 4.05. The number of primary amides is 1. The van der Waals surface area contributed by atoms with Gasteiger partial charge >= 0.3 is 0 Å². The van der Waals surface area contributed by atoms with Gasteiger partial charge in [0, 0.05) is 17.3 Å². The van der Waals surface area contributed by atoms with Crippen LogP contribution < -0.4 is 10.5 Å². The van der Waals surface area contributed by atoms with Gasteiger partial charge in [0.2, 0.25) is 5.82 Å². The minimum absolute atomic E-state index is 0.0387. The minimum atomic E-state index is -0.640. The molecule has 0 saturated carbocycles. The number of hydrogen-bond donors (Lipinski definition) is 1. The summed E-state index contributed by atoms with van der Waals surface area (Å²) in [6.07, 6.45) is 3.33. The number of nitrogens with two attached hydrogens (primary N) is 1. The van der Waals surface area contributed by atoms with Crippen LogP contribution in [0.2, 0.25) is 0 Å². The molecule has 2 aromatic heterocycles. The Bertz CT molecular complexity index is 1100. The minimum Gasteiger partial charge on any atom is -0.486 e. The normalized spacial score (nSPS) is 14.9. The van der Waals surface area contributed by atoms with Crippen LogP contribution in [0.3, 0.4) is 0 Å². The molecule has 0 aliphatic carbocycles. The Kier molecular flexibility index (Phi) is 4.62. The molecule has 1 amide bonds. The molecule has 0 bridgehead atoms. The van der Waals surface area contributed by atoms with E-state index in [1.807, 2.05) is 13.8 Å². The molecule has 8 nitrogen and oxygen atoms in total. The quantitative estimate of drug-likeness (QED) is 0.706. The van der Waals surface area contributed by atoms with Crippen molar-refractivity contribution in [1.29, 1.82) is 0 Å². The molecule has 4 rings (SSSR count). The Balaban J connectivity index is 1.66. The topological polar surface area (TPSA) is 121 Å². The number of amides is 1. The number of Topliss-reactive ketones (excluding diaryl/α,β-unsaturated/α-hetero) is 1. The van der Waals surface area contributed by atoms with E-state index in [-0.39, 0.29) is 17.4 Å². The van der Waals surface area contributed by atoms with Crippen molar-refractivity contribution in [2.75, 3.05) is 0 Å². The second-order valence-electron chi connectivity index (χ2n) is 7.02. The molecular formula is C21H20N4O4. The van der Waals surface area contributed by atoms with Crippen LogP contribution in [0.25, 0.3) is 22.8 Å². The summed E-state index contributed by atoms with van der Waals surface area (Å²) in [5.41, 5.74) is 6.62. The standard InChI is InChI=1S/C21H20N4O4/c1-3-21(4-2)11-16(26)14-9-13(5-6-17(14)28-21)20-24-19(25-29-20)12-7-8-23-15(10-12)18(22)27/h5-10H,3-4,11H2,1-2H3,(H2,22,27). The lowest BCUT2D eigenvalue weighted by atomic mass is 9.85. The van der Waals surface area contributed by atoms with Gasteiger partial charge in [-0.3, -0.25) is 14.6 Å². The monoisotopic (exact) mass is 392 g/mol. The van der Waals surface area contributed by atoms with Crippen molar-refractivity contribution in [2.45, 2.75) is 38.7 Å². The Morgan fingerprint density at radius 1 is 1.17 bits per heavy atom. The van der Waals surface area contributed by atoms with Gasteiger partial charge in [0.05, 0.1) is 12.0 Å². The van der Waals surface area contributed by atoms with Crippen LogP contribution in [0, 0.1) is 0 Å². The third-order valence-corrected chi connectivity index (χ3v) is 5.32. The van der Waals surface area contributed by atoms with Crippen LogP contribution in [0.15, 0.2) is 41.1 Å². The third-order valence-electron chi connectivity index (χ3n) is 5.32. The first kappa shape index (κ1) is 18.8. The molecule has 1 aromatic carbocycles. The third kappa shape index (κ3) is 3.37. The molecule has 1 aliphatic rings. The van der Waals surface area contributed by atoms with Crippen LogP contribution >= 0.6 is 0 Å². The average molecular weight is 392 g/mol. The van der Waals surface area contributed by atoms with E-state index in [0.29, 0.717) is 34.7 Å². The van der Waals surface area contributed by atoms with E-state index in [2.05, 4.69) is 15.1 Å². The summed E-state index contributed by atoms with van der Waals surface area (Å²) in [6, 6.07) is 8.41. The predicted molar refractivity (Wildman–Crippen MR) is 104 cm³/mol. The van der Waals surface area contributed by atoms with Crippen LogP contribution in [0.1, 0.15) is 54.0 Å². The molecule has 1 aliphatic heterocycles. The zero-order valence-corrected chi connectivity index (χ0v) is 16.1. The van der Waals surface area contributed by atoms with Gasteiger partial charge in [0.1, 0.15) is 17.0 Å². The molecule has 0 atom stereocenters. The average Bonchev–Trinajstić information content (AvgIpc) is 3.24. The van der Waals surface area contributed by atoms with Crippen molar-refractivity contribution in [3.05, 3.63) is 47.8 Å². The van der Waals surface area contributed by atoms with Crippen molar-refractivity contribution in [3.8, 4) is 28.6 Å². The number of fused-ring (bicyclic) bond motifs is 1. The lowest BCUT2D eigenvalue weighted by Crippen LogP contribution is -2.40. The van der Waals surface area contributed by atoms with Gasteiger partial charge in [-0.05, 0) is 43.2 Å². The molecule has 0 saturated heterocycles. The van der Waals surface area contributed by atoms with E-state index in [1.165, 1.54) is 12.3 Å². The summed E-state index contributed by atoms with van der Waals surface area (Å²) in [4.78, 5) is 32.3. The Labute approximate surface area is 167 Å². The molecule has 148 valence electrons. The highest BCUT2D eigenvalue weighted by atomic mass is 16.5. The van der Waals surface area contributed by atoms with Crippen LogP contribution in [0.4, 0.5) is 0 Å². The van der Waals surface area contributed by atoms with E-state index in [9.17, 15) is 9.59 Å². The maximum absolute atomic E-state index is 12.7. The zero-order valence-electron chi connectivity index (χ0n) is 16.1. The van der Waals surface area contributed by atoms with Crippen LogP contribution in [0.5, 0.6) is 5.75 Å². The highest BCUT2D eigenvalue weighted by molar-refractivity contribution is 6.01. The van der Waals surface area contributed by atoms with E-state index >= 15 is 0 Å². The van der Waals surface area contributed by atoms with E-state index in [0.717, 1.165) is 12.8 Å². The maximum Gasteiger partial charge on any atom is 0.267 e. The van der Waals surface area contributed by atoms with Gasteiger partial charge in [-0.1, -0.05) is 19.0 Å². The van der Waals surface area contributed by atoms with Gasteiger partial charge < -0.3 is 15.0 Å². The SMILES string of the molecule is CCC1(CC)CC(=O)c2cc(-c3nc(-c4ccnc(C(N)=O)c4)no3)ccc2O1. The van der Waals surface area contributed by atoms with Crippen molar-refractivity contribution in [1.82, 2.24) is 15.1 Å². The number of rotatable bonds is 5. The Morgan fingerprint density at radius 2 is 1.97 bits per heavy atom. The molecule has 8 heteroatoms. The zero-order chi connectivity index (χ0) is 20.6. The summed E-state index contributed by atoms with van der Waals surface area (Å²) in [5, 5.41) is 3.96. The first-order valence-electron chi connectivity index (χ1n) is 9.41. The fourth-order valence-electron chi connectivity index (χ4n) is 3.43. The molecule has 3 heterocycles. The second-order valence-corrected chi connectivity index (χ2v) is 7.02. The highest BCUT2D eigenvalue weighted by Crippen LogP contribution is 2.38. The molecule has 0 spiro atoms. The summed E-state index contributed by atoms with van der Waals surface area (Å²) in [5.74, 6) is 0.529. The van der Waals surface area contributed by atoms with Crippen LogP contribution in [-0.4, -0.2) is 32.4 Å². The van der Waals surface area contributed by atoms with Crippen molar-refractivity contribution >= 4 is 11.7 Å². The number of ketones is 1. The molecule has 29 heavy (non-hydrogen) atoms. The number of ether oxygens (including phenoxy) is 1. The number of carbonyl (C=O) groups is 2. The molecular weight excluding hydrogens is 372 g/mol. The van der Waals surface area contributed by atoms with Gasteiger partial charge in [-0.2, -0.15) is 4.98 Å². The van der Waals surface area contributed by atoms with E-state index in [1.54, 1.807) is 24.3 Å². The predicted octanol–water partition coefficient (Wildman–Crippen LogP) is 3.42. The van der Waals surface area contributed by atoms with Gasteiger partial charge in [0.25, 0.3) is 11.8 Å². The molecule has 3 aromatic rings. The molecule has 0 fully saturated rings. The first-order chi connectivity index (χ1) is 13.9. The Morgan fingerprint density at radius 3 is 2.69 bits per heavy atom. The highest BCUT2D eigenvalue weighted by Gasteiger charge is 2.37. The number of aromatic nitrogens is 3. The van der Waals surface area contributed by atoms with E-state index < -0.39 is 11.5 Å². The fourth-order valence-corrected chi connectivity index (χ4v) is 3.43. The Hall–Kier alpha value is -3.55. The molecule has 0 radical (unpaired) electrons. The van der Waals surface area contributed by atoms with Crippen molar-refractivity contribution < 1.29 is 18.8 Å². The number of hydrogen-bond acceptors (Lipinski definition) is 7. The summed E-state index contributed by atoms with van der Waals surface area (Å²) in [7, 11) is 0. The number of benzene rings is 1. The second kappa shape index (κ2) is 7.12. The fraction of sp³-hybridized carbons (Fsp3) is 0.286. The maximum atomic E-state index is 12.7. The largest absolute Gasteiger partial charge is 0.486 e. The lowest BCUT2D eigenvalue weighted by molar-refractivity contribution is 0.0350. The summed E-state index contributed by atoms with van der Waals surface area (Å²) < 4.78 is 11.5. The number of pyridine rings is 1. The van der Waals surface area contributed by atoms with Crippen LogP contribution in [-0.2, 0) is 0 Å². The number of nitrogens with zero attached hydrogens (tertiary/aromatic N) is 3. The van der Waals surface area contributed by atoms with Gasteiger partial charge in [-0.15, -0.1) is 0 Å². The smallest absolute Gasteiger partial charge is 0.267 e. The lowest BCUT2D eigenvalue weighted by Gasteiger charge is -2.36. The first-order valence-corrected chi connectivity index (χ1v) is 9.41. The molecule has 2 N–H and O–H groups in total. The van der Waals surface area contributed by atoms with Gasteiger partial charge in [0.15, 0.2) is 5.78 Å². The van der Waals surface area contributed by atoms with Crippen molar-refractivity contribution in [2.24, 2.45) is 5.73 Å². The number of carbonyl (C=O) groups excluding carboxylic acids is 2. The summed E-state index contributed by atoms with van der Waals surface area (Å²) >= 11 is 0. The van der Waals surface area contributed by atoms with Gasteiger partial charge in [-0.25, -0.2) is 0 Å². The van der Waals surface area contributed by atoms with Crippen molar-refractivity contribution in [3.63, 3.8) is 0 Å². The molecule has 0 unspecified atom stereocenters. The van der Waals surface area contributed by atoms with E-state index in [4.69, 9.17) is 15.0 Å².